The van der Waals surface area contributed by atoms with Crippen LogP contribution in [0.3, 0.4) is 0 Å². The molecule has 0 radical (unpaired) electrons. The minimum atomic E-state index is -1.70. The second kappa shape index (κ2) is 5.99. The number of halogens is 4. The molecule has 0 spiro atoms. The highest BCUT2D eigenvalue weighted by atomic mass is 19.2. The van der Waals surface area contributed by atoms with Gasteiger partial charge in [0.1, 0.15) is 5.69 Å². The number of anilines is 3. The molecule has 112 valence electrons. The first-order valence-electron chi connectivity index (χ1n) is 6.22. The summed E-state index contributed by atoms with van der Waals surface area (Å²) in [4.78, 5) is 4.40. The summed E-state index contributed by atoms with van der Waals surface area (Å²) in [7, 11) is 1.84. The minimum absolute atomic E-state index is 0.301. The molecule has 0 fully saturated rings. The van der Waals surface area contributed by atoms with Gasteiger partial charge in [-0.05, 0) is 25.1 Å². The molecule has 1 N–H and O–H groups in total. The molecule has 0 aliphatic carbocycles. The smallest absolute Gasteiger partial charge is 0.253 e. The summed E-state index contributed by atoms with van der Waals surface area (Å²) in [5.41, 5.74) is 0.185. The highest BCUT2D eigenvalue weighted by molar-refractivity contribution is 5.65. The number of nitrogens with zero attached hydrogens (tertiary/aromatic N) is 2. The first-order chi connectivity index (χ1) is 9.93. The van der Waals surface area contributed by atoms with Gasteiger partial charge in [-0.1, -0.05) is 6.07 Å². The van der Waals surface area contributed by atoms with Gasteiger partial charge in [0, 0.05) is 25.0 Å². The van der Waals surface area contributed by atoms with E-state index in [0.29, 0.717) is 5.69 Å². The summed E-state index contributed by atoms with van der Waals surface area (Å²) in [5, 5.41) is 2.34. The molecule has 0 aliphatic rings. The molecular weight excluding hydrogens is 286 g/mol. The molecule has 1 aromatic carbocycles. The molecule has 0 aliphatic heterocycles. The largest absolute Gasteiger partial charge is 0.375 e. The third-order valence-corrected chi connectivity index (χ3v) is 3.03. The Balaban J connectivity index is 2.39. The predicted octanol–water partition coefficient (Wildman–Crippen LogP) is 3.84. The van der Waals surface area contributed by atoms with Gasteiger partial charge in [0.05, 0.1) is 0 Å². The SMILES string of the molecule is CCN(C)c1cccc(Nc2c(F)c(F)nc(F)c2F)c1. The maximum Gasteiger partial charge on any atom is 0.253 e. The lowest BCUT2D eigenvalue weighted by Gasteiger charge is -2.18. The zero-order chi connectivity index (χ0) is 15.6. The second-order valence-corrected chi connectivity index (χ2v) is 4.39. The van der Waals surface area contributed by atoms with E-state index in [9.17, 15) is 17.6 Å². The van der Waals surface area contributed by atoms with Crippen molar-refractivity contribution in [1.29, 1.82) is 0 Å². The Morgan fingerprint density at radius 3 is 2.29 bits per heavy atom. The van der Waals surface area contributed by atoms with Crippen LogP contribution in [0.1, 0.15) is 6.92 Å². The maximum absolute atomic E-state index is 13.5. The number of hydrogen-bond acceptors (Lipinski definition) is 3. The van der Waals surface area contributed by atoms with E-state index in [1.807, 2.05) is 18.9 Å². The van der Waals surface area contributed by atoms with E-state index < -0.39 is 29.2 Å². The molecule has 0 bridgehead atoms. The Kier molecular flexibility index (Phi) is 4.30. The summed E-state index contributed by atoms with van der Waals surface area (Å²) in [6, 6.07) is 6.60. The maximum atomic E-state index is 13.5. The van der Waals surface area contributed by atoms with Gasteiger partial charge in [-0.3, -0.25) is 0 Å². The van der Waals surface area contributed by atoms with Crippen LogP contribution in [0.5, 0.6) is 0 Å². The van der Waals surface area contributed by atoms with Gasteiger partial charge < -0.3 is 10.2 Å². The van der Waals surface area contributed by atoms with Crippen LogP contribution >= 0.6 is 0 Å². The van der Waals surface area contributed by atoms with Crippen LogP contribution in [0.25, 0.3) is 0 Å². The van der Waals surface area contributed by atoms with Gasteiger partial charge in [0.15, 0.2) is 0 Å². The van der Waals surface area contributed by atoms with Crippen molar-refractivity contribution in [1.82, 2.24) is 4.98 Å². The van der Waals surface area contributed by atoms with Crippen LogP contribution in [-0.4, -0.2) is 18.6 Å². The van der Waals surface area contributed by atoms with Crippen molar-refractivity contribution in [2.45, 2.75) is 6.92 Å². The average molecular weight is 299 g/mol. The van der Waals surface area contributed by atoms with E-state index in [1.54, 1.807) is 18.2 Å². The molecular formula is C14H13F4N3. The van der Waals surface area contributed by atoms with Gasteiger partial charge >= 0.3 is 0 Å². The summed E-state index contributed by atoms with van der Waals surface area (Å²) in [5.74, 6) is -6.53. The van der Waals surface area contributed by atoms with Crippen LogP contribution in [0.4, 0.5) is 34.6 Å². The third kappa shape index (κ3) is 3.07. The van der Waals surface area contributed by atoms with Crippen molar-refractivity contribution in [2.75, 3.05) is 23.8 Å². The highest BCUT2D eigenvalue weighted by Crippen LogP contribution is 2.27. The Morgan fingerprint density at radius 2 is 1.71 bits per heavy atom. The van der Waals surface area contributed by atoms with E-state index in [-0.39, 0.29) is 0 Å². The van der Waals surface area contributed by atoms with E-state index in [1.165, 1.54) is 6.07 Å². The fraction of sp³-hybridized carbons (Fsp3) is 0.214. The Morgan fingerprint density at radius 1 is 1.10 bits per heavy atom. The lowest BCUT2D eigenvalue weighted by Crippen LogP contribution is -2.15. The van der Waals surface area contributed by atoms with Crippen LogP contribution < -0.4 is 10.2 Å². The second-order valence-electron chi connectivity index (χ2n) is 4.39. The van der Waals surface area contributed by atoms with Crippen molar-refractivity contribution < 1.29 is 17.6 Å². The number of nitrogens with one attached hydrogen (secondary N) is 1. The van der Waals surface area contributed by atoms with E-state index in [0.717, 1.165) is 12.2 Å². The summed E-state index contributed by atoms with van der Waals surface area (Å²) >= 11 is 0. The van der Waals surface area contributed by atoms with E-state index >= 15 is 0 Å². The highest BCUT2D eigenvalue weighted by Gasteiger charge is 2.20. The van der Waals surface area contributed by atoms with E-state index in [4.69, 9.17) is 0 Å². The fourth-order valence-electron chi connectivity index (χ4n) is 1.74. The van der Waals surface area contributed by atoms with Crippen molar-refractivity contribution in [3.63, 3.8) is 0 Å². The number of benzene rings is 1. The molecule has 0 unspecified atom stereocenters. The number of rotatable bonds is 4. The lowest BCUT2D eigenvalue weighted by atomic mass is 10.2. The minimum Gasteiger partial charge on any atom is -0.375 e. The van der Waals surface area contributed by atoms with Crippen LogP contribution in [0.2, 0.25) is 0 Å². The fourth-order valence-corrected chi connectivity index (χ4v) is 1.74. The standard InChI is InChI=1S/C14H13F4N3/c1-3-21(2)9-6-4-5-8(7-9)19-12-10(15)13(17)20-14(18)11(12)16/h4-7H,3H2,1-2H3,(H,19,20). The molecule has 7 heteroatoms. The quantitative estimate of drug-likeness (QED) is 0.687. The van der Waals surface area contributed by atoms with Gasteiger partial charge in [-0.2, -0.15) is 22.5 Å². The first kappa shape index (κ1) is 15.1. The Labute approximate surface area is 119 Å². The molecule has 1 aromatic heterocycles. The van der Waals surface area contributed by atoms with Crippen LogP contribution in [0, 0.1) is 23.5 Å². The summed E-state index contributed by atoms with van der Waals surface area (Å²) < 4.78 is 53.2. The predicted molar refractivity (Wildman–Crippen MR) is 72.7 cm³/mol. The molecule has 21 heavy (non-hydrogen) atoms. The molecule has 2 rings (SSSR count). The van der Waals surface area contributed by atoms with Crippen molar-refractivity contribution in [2.24, 2.45) is 0 Å². The molecule has 3 nitrogen and oxygen atoms in total. The number of aromatic nitrogens is 1. The average Bonchev–Trinajstić information content (AvgIpc) is 2.49. The molecule has 0 saturated heterocycles. The zero-order valence-electron chi connectivity index (χ0n) is 11.4. The zero-order valence-corrected chi connectivity index (χ0v) is 11.4. The van der Waals surface area contributed by atoms with Gasteiger partial charge in [-0.25, -0.2) is 0 Å². The van der Waals surface area contributed by atoms with Crippen molar-refractivity contribution >= 4 is 17.1 Å². The van der Waals surface area contributed by atoms with Gasteiger partial charge in [-0.15, -0.1) is 0 Å². The van der Waals surface area contributed by atoms with Crippen LogP contribution in [-0.2, 0) is 0 Å². The Hall–Kier alpha value is -2.31. The topological polar surface area (TPSA) is 28.2 Å². The normalized spacial score (nSPS) is 10.6. The molecule has 1 heterocycles. The molecule has 2 aromatic rings. The number of pyridine rings is 1. The van der Waals surface area contributed by atoms with Gasteiger partial charge in [0.2, 0.25) is 11.6 Å². The number of hydrogen-bond donors (Lipinski definition) is 1. The molecule has 0 atom stereocenters. The van der Waals surface area contributed by atoms with Crippen LogP contribution in [0.15, 0.2) is 24.3 Å². The molecule has 0 amide bonds. The Bertz CT molecular complexity index is 635. The first-order valence-corrected chi connectivity index (χ1v) is 6.22. The monoisotopic (exact) mass is 299 g/mol. The summed E-state index contributed by atoms with van der Waals surface area (Å²) in [6.45, 7) is 2.66. The molecule has 0 saturated carbocycles. The third-order valence-electron chi connectivity index (χ3n) is 3.03. The van der Waals surface area contributed by atoms with Crippen molar-refractivity contribution in [3.8, 4) is 0 Å². The van der Waals surface area contributed by atoms with E-state index in [2.05, 4.69) is 10.3 Å². The lowest BCUT2D eigenvalue weighted by molar-refractivity contribution is 0.411. The van der Waals surface area contributed by atoms with Crippen molar-refractivity contribution in [3.05, 3.63) is 47.8 Å². The summed E-state index contributed by atoms with van der Waals surface area (Å²) in [6.07, 6.45) is 0. The van der Waals surface area contributed by atoms with Gasteiger partial charge in [0.25, 0.3) is 11.9 Å².